The Labute approximate surface area is 249 Å². The van der Waals surface area contributed by atoms with Gasteiger partial charge in [-0.1, -0.05) is 30.5 Å². The summed E-state index contributed by atoms with van der Waals surface area (Å²) >= 11 is 7.96. The first kappa shape index (κ1) is 27.6. The van der Waals surface area contributed by atoms with Crippen molar-refractivity contribution in [2.24, 2.45) is 17.8 Å². The van der Waals surface area contributed by atoms with Crippen LogP contribution in [-0.2, 0) is 0 Å². The second kappa shape index (κ2) is 10.5. The summed E-state index contributed by atoms with van der Waals surface area (Å²) in [5.74, 6) is 1.24. The summed E-state index contributed by atoms with van der Waals surface area (Å²) in [4.78, 5) is 27.3. The van der Waals surface area contributed by atoms with Crippen LogP contribution in [0.4, 0.5) is 0 Å². The van der Waals surface area contributed by atoms with E-state index < -0.39 is 11.1 Å². The number of thioether (sulfide) groups is 1. The van der Waals surface area contributed by atoms with Crippen molar-refractivity contribution >= 4 is 35.2 Å². The van der Waals surface area contributed by atoms with Gasteiger partial charge < -0.3 is 25.0 Å². The van der Waals surface area contributed by atoms with Crippen molar-refractivity contribution in [2.45, 2.75) is 105 Å². The van der Waals surface area contributed by atoms with E-state index in [1.54, 1.807) is 23.9 Å². The molecule has 1 aromatic carbocycles. The van der Waals surface area contributed by atoms with Gasteiger partial charge in [-0.15, -0.1) is 11.8 Å². The number of carbonyl (C=O) groups excluding carboxylic acids is 2. The van der Waals surface area contributed by atoms with Gasteiger partial charge in [-0.05, 0) is 105 Å². The van der Waals surface area contributed by atoms with E-state index in [4.69, 9.17) is 20.9 Å². The zero-order chi connectivity index (χ0) is 28.4. The topological polar surface area (TPSA) is 114 Å². The lowest BCUT2D eigenvalue weighted by molar-refractivity contribution is -0.137. The van der Waals surface area contributed by atoms with Crippen LogP contribution < -0.4 is 15.4 Å². The molecule has 220 valence electrons. The van der Waals surface area contributed by atoms with Crippen LogP contribution in [-0.4, -0.2) is 51.1 Å². The summed E-state index contributed by atoms with van der Waals surface area (Å²) in [7, 11) is 0. The number of hydrogen-bond donors (Lipinski definition) is 3. The highest BCUT2D eigenvalue weighted by Gasteiger charge is 2.55. The Bertz CT molecular complexity index is 1340. The quantitative estimate of drug-likeness (QED) is 0.340. The minimum Gasteiger partial charge on any atom is -0.472 e. The van der Waals surface area contributed by atoms with Crippen LogP contribution >= 0.6 is 23.4 Å². The molecule has 8 nitrogen and oxygen atoms in total. The van der Waals surface area contributed by atoms with E-state index in [0.29, 0.717) is 44.4 Å². The van der Waals surface area contributed by atoms with E-state index in [9.17, 15) is 14.7 Å². The van der Waals surface area contributed by atoms with Crippen molar-refractivity contribution in [3.63, 3.8) is 0 Å². The summed E-state index contributed by atoms with van der Waals surface area (Å²) in [5.41, 5.74) is 0.392. The number of rotatable bonds is 9. The highest BCUT2D eigenvalue weighted by Crippen LogP contribution is 2.55. The molecule has 6 fully saturated rings. The van der Waals surface area contributed by atoms with Gasteiger partial charge in [0, 0.05) is 11.3 Å². The molecule has 2 unspecified atom stereocenters. The van der Waals surface area contributed by atoms with Crippen molar-refractivity contribution in [2.75, 3.05) is 6.61 Å². The van der Waals surface area contributed by atoms with E-state index in [-0.39, 0.29) is 30.2 Å². The van der Waals surface area contributed by atoms with Crippen molar-refractivity contribution in [1.82, 2.24) is 15.8 Å². The minimum atomic E-state index is -0.548. The molecule has 0 spiro atoms. The van der Waals surface area contributed by atoms with Gasteiger partial charge >= 0.3 is 0 Å². The van der Waals surface area contributed by atoms with Crippen molar-refractivity contribution < 1.29 is 24.0 Å². The second-order valence-electron chi connectivity index (χ2n) is 13.4. The number of nitrogens with zero attached hydrogens (tertiary/aromatic N) is 1. The monoisotopic (exact) mass is 599 g/mol. The van der Waals surface area contributed by atoms with Crippen molar-refractivity contribution in [3.8, 4) is 5.88 Å². The van der Waals surface area contributed by atoms with Gasteiger partial charge in [0.2, 0.25) is 5.76 Å². The van der Waals surface area contributed by atoms with Crippen LogP contribution in [0.3, 0.4) is 0 Å². The maximum atomic E-state index is 13.7. The fourth-order valence-electron chi connectivity index (χ4n) is 7.99. The lowest BCUT2D eigenvalue weighted by atomic mass is 9.52. The molecule has 6 saturated carbocycles. The fraction of sp³-hybridized carbons (Fsp3) is 0.645. The first-order valence-electron chi connectivity index (χ1n) is 15.1. The predicted octanol–water partition coefficient (Wildman–Crippen LogP) is 5.68. The lowest BCUT2D eigenvalue weighted by Gasteiger charge is -2.58. The predicted molar refractivity (Wildman–Crippen MR) is 155 cm³/mol. The largest absolute Gasteiger partial charge is 0.472 e. The Balaban J connectivity index is 1.05. The standard InChI is InChI=1S/C31H38ClN3O5S/c1-17-6-7-22(23(32)10-17)27(36)34-30(8-9-30)16-39-29-26(41-21-4-2-3-5-21)25(40-35-29)28(37)33-24-19-11-18-12-20(24)15-31(38,13-18)14-19/h6-7,10,18-21,24,38H,2-5,8-9,11-16H2,1H3,(H,33,37)(H,34,36)/t18?,19?,20?,24-,31-. The molecule has 1 aromatic heterocycles. The van der Waals surface area contributed by atoms with Crippen LogP contribution in [0.25, 0.3) is 0 Å². The van der Waals surface area contributed by atoms with E-state index >= 15 is 0 Å². The Morgan fingerprint density at radius 2 is 1.88 bits per heavy atom. The Morgan fingerprint density at radius 3 is 2.54 bits per heavy atom. The van der Waals surface area contributed by atoms with Crippen LogP contribution in [0.2, 0.25) is 5.02 Å². The Morgan fingerprint density at radius 1 is 1.15 bits per heavy atom. The third kappa shape index (κ3) is 5.50. The van der Waals surface area contributed by atoms with Gasteiger partial charge in [0.15, 0.2) is 0 Å². The molecule has 2 amide bonds. The molecule has 4 bridgehead atoms. The van der Waals surface area contributed by atoms with Gasteiger partial charge in [0.05, 0.1) is 21.7 Å². The molecule has 6 aliphatic rings. The molecule has 1 heterocycles. The van der Waals surface area contributed by atoms with Gasteiger partial charge in [-0.2, -0.15) is 0 Å². The third-order valence-electron chi connectivity index (χ3n) is 10.0. The van der Waals surface area contributed by atoms with E-state index in [1.165, 1.54) is 12.8 Å². The summed E-state index contributed by atoms with van der Waals surface area (Å²) in [6.45, 7) is 2.17. The summed E-state index contributed by atoms with van der Waals surface area (Å²) in [6.07, 6.45) is 10.7. The van der Waals surface area contributed by atoms with Crippen LogP contribution in [0.1, 0.15) is 97.1 Å². The summed E-state index contributed by atoms with van der Waals surface area (Å²) < 4.78 is 11.9. The number of benzene rings is 1. The smallest absolute Gasteiger partial charge is 0.291 e. The summed E-state index contributed by atoms with van der Waals surface area (Å²) in [5, 5.41) is 22.4. The van der Waals surface area contributed by atoms with Gasteiger partial charge in [-0.3, -0.25) is 9.59 Å². The number of amides is 2. The zero-order valence-electron chi connectivity index (χ0n) is 23.4. The van der Waals surface area contributed by atoms with Crippen molar-refractivity contribution in [3.05, 3.63) is 40.1 Å². The first-order valence-corrected chi connectivity index (χ1v) is 16.4. The number of aliphatic hydroxyl groups is 1. The van der Waals surface area contributed by atoms with E-state index in [1.807, 2.05) is 13.0 Å². The molecule has 0 radical (unpaired) electrons. The number of aromatic nitrogens is 1. The highest BCUT2D eigenvalue weighted by molar-refractivity contribution is 8.00. The fourth-order valence-corrected chi connectivity index (χ4v) is 9.65. The van der Waals surface area contributed by atoms with Gasteiger partial charge in [-0.25, -0.2) is 0 Å². The molecule has 41 heavy (non-hydrogen) atoms. The third-order valence-corrected chi connectivity index (χ3v) is 11.8. The number of aryl methyl sites for hydroxylation is 1. The molecule has 3 N–H and O–H groups in total. The second-order valence-corrected chi connectivity index (χ2v) is 15.1. The number of ether oxygens (including phenoxy) is 1. The Kier molecular flexibility index (Phi) is 7.06. The normalized spacial score (nSPS) is 31.3. The average molecular weight is 600 g/mol. The summed E-state index contributed by atoms with van der Waals surface area (Å²) in [6, 6.07) is 5.45. The molecule has 8 rings (SSSR count). The maximum Gasteiger partial charge on any atom is 0.291 e. The molecular weight excluding hydrogens is 562 g/mol. The maximum absolute atomic E-state index is 13.7. The highest BCUT2D eigenvalue weighted by atomic mass is 35.5. The van der Waals surface area contributed by atoms with Crippen LogP contribution in [0.15, 0.2) is 27.6 Å². The Hall–Kier alpha value is -2.23. The minimum absolute atomic E-state index is 0.0525. The number of nitrogens with one attached hydrogen (secondary N) is 2. The molecule has 0 saturated heterocycles. The van der Waals surface area contributed by atoms with E-state index in [0.717, 1.165) is 63.4 Å². The van der Waals surface area contributed by atoms with Crippen LogP contribution in [0.5, 0.6) is 5.88 Å². The molecular formula is C31H38ClN3O5S. The van der Waals surface area contributed by atoms with Crippen LogP contribution in [0, 0.1) is 24.7 Å². The number of carbonyl (C=O) groups is 2. The lowest BCUT2D eigenvalue weighted by Crippen LogP contribution is -2.61. The van der Waals surface area contributed by atoms with Gasteiger partial charge in [0.1, 0.15) is 11.5 Å². The zero-order valence-corrected chi connectivity index (χ0v) is 25.0. The van der Waals surface area contributed by atoms with E-state index in [2.05, 4.69) is 15.8 Å². The average Bonchev–Trinajstić information content (AvgIpc) is 3.28. The SMILES string of the molecule is Cc1ccc(C(=O)NC2(COc3noc(C(=O)N[C@H]4C5CC6CC4C[C@](O)(C6)C5)c3SC3CCCC3)CC2)c(Cl)c1. The molecule has 2 atom stereocenters. The molecule has 6 aliphatic carbocycles. The molecule has 2 aromatic rings. The molecule has 10 heteroatoms. The molecule has 0 aliphatic heterocycles. The first-order chi connectivity index (χ1) is 19.7. The number of halogens is 1. The van der Waals surface area contributed by atoms with Gasteiger partial charge in [0.25, 0.3) is 17.7 Å². The van der Waals surface area contributed by atoms with Crippen molar-refractivity contribution in [1.29, 1.82) is 0 Å². The number of hydrogen-bond acceptors (Lipinski definition) is 7.